The SMILES string of the molecule is CCCNC(CC(C)(C)C)C(C)c1ccccn1. The quantitative estimate of drug-likeness (QED) is 0.823. The second kappa shape index (κ2) is 6.89. The number of nitrogens with zero attached hydrogens (tertiary/aromatic N) is 1. The molecule has 0 fully saturated rings. The van der Waals surface area contributed by atoms with Crippen LogP contribution in [0.1, 0.15) is 59.1 Å². The van der Waals surface area contributed by atoms with Crippen molar-refractivity contribution >= 4 is 0 Å². The molecule has 0 amide bonds. The number of rotatable bonds is 6. The average Bonchev–Trinajstić information content (AvgIpc) is 2.33. The Bertz CT molecular complexity index is 327. The molecule has 1 aromatic rings. The number of pyridine rings is 1. The van der Waals surface area contributed by atoms with Crippen LogP contribution in [0.2, 0.25) is 0 Å². The molecule has 0 saturated carbocycles. The summed E-state index contributed by atoms with van der Waals surface area (Å²) in [4.78, 5) is 4.50. The van der Waals surface area contributed by atoms with Crippen LogP contribution < -0.4 is 5.32 Å². The summed E-state index contributed by atoms with van der Waals surface area (Å²) >= 11 is 0. The lowest BCUT2D eigenvalue weighted by Gasteiger charge is -2.31. The Hall–Kier alpha value is -0.890. The molecule has 2 atom stereocenters. The van der Waals surface area contributed by atoms with Crippen molar-refractivity contribution in [1.29, 1.82) is 0 Å². The van der Waals surface area contributed by atoms with Crippen molar-refractivity contribution in [3.8, 4) is 0 Å². The molecular weight excluding hydrogens is 220 g/mol. The molecule has 18 heavy (non-hydrogen) atoms. The van der Waals surface area contributed by atoms with Gasteiger partial charge in [-0.25, -0.2) is 0 Å². The molecule has 0 bridgehead atoms. The van der Waals surface area contributed by atoms with Gasteiger partial charge in [-0.3, -0.25) is 4.98 Å². The molecule has 1 aromatic heterocycles. The predicted molar refractivity (Wildman–Crippen MR) is 78.8 cm³/mol. The molecule has 0 radical (unpaired) electrons. The summed E-state index contributed by atoms with van der Waals surface area (Å²) in [6, 6.07) is 6.69. The van der Waals surface area contributed by atoms with Gasteiger partial charge in [0.05, 0.1) is 0 Å². The molecule has 0 aliphatic heterocycles. The van der Waals surface area contributed by atoms with Gasteiger partial charge in [-0.05, 0) is 36.9 Å². The molecular formula is C16H28N2. The summed E-state index contributed by atoms with van der Waals surface area (Å²) in [7, 11) is 0. The predicted octanol–water partition coefficient (Wildman–Crippen LogP) is 3.99. The molecule has 2 nitrogen and oxygen atoms in total. The summed E-state index contributed by atoms with van der Waals surface area (Å²) in [6.07, 6.45) is 4.24. The van der Waals surface area contributed by atoms with E-state index >= 15 is 0 Å². The Morgan fingerprint density at radius 1 is 1.28 bits per heavy atom. The molecule has 2 heteroatoms. The maximum Gasteiger partial charge on any atom is 0.0447 e. The van der Waals surface area contributed by atoms with Crippen LogP contribution in [-0.4, -0.2) is 17.6 Å². The number of nitrogens with one attached hydrogen (secondary N) is 1. The van der Waals surface area contributed by atoms with Gasteiger partial charge in [0, 0.05) is 23.9 Å². The van der Waals surface area contributed by atoms with E-state index in [0.29, 0.717) is 17.4 Å². The molecule has 1 N–H and O–H groups in total. The fourth-order valence-corrected chi connectivity index (χ4v) is 2.27. The Morgan fingerprint density at radius 2 is 2.00 bits per heavy atom. The fourth-order valence-electron chi connectivity index (χ4n) is 2.27. The molecule has 102 valence electrons. The highest BCUT2D eigenvalue weighted by Crippen LogP contribution is 2.28. The van der Waals surface area contributed by atoms with Crippen LogP contribution in [0.15, 0.2) is 24.4 Å². The van der Waals surface area contributed by atoms with Crippen LogP contribution in [0, 0.1) is 5.41 Å². The topological polar surface area (TPSA) is 24.9 Å². The molecule has 1 heterocycles. The molecule has 0 aliphatic rings. The average molecular weight is 248 g/mol. The normalized spacial score (nSPS) is 15.4. The third-order valence-electron chi connectivity index (χ3n) is 3.25. The first-order valence-electron chi connectivity index (χ1n) is 7.08. The lowest BCUT2D eigenvalue weighted by atomic mass is 9.82. The van der Waals surface area contributed by atoms with Gasteiger partial charge in [-0.1, -0.05) is 40.7 Å². The van der Waals surface area contributed by atoms with E-state index in [0.717, 1.165) is 6.54 Å². The van der Waals surface area contributed by atoms with Crippen LogP contribution in [0.3, 0.4) is 0 Å². The van der Waals surface area contributed by atoms with Gasteiger partial charge in [-0.15, -0.1) is 0 Å². The second-order valence-corrected chi connectivity index (χ2v) is 6.37. The summed E-state index contributed by atoms with van der Waals surface area (Å²) in [5.41, 5.74) is 1.53. The first-order chi connectivity index (χ1) is 8.44. The highest BCUT2D eigenvalue weighted by molar-refractivity contribution is 5.11. The van der Waals surface area contributed by atoms with Gasteiger partial charge in [0.1, 0.15) is 0 Å². The zero-order chi connectivity index (χ0) is 13.6. The lowest BCUT2D eigenvalue weighted by Crippen LogP contribution is -2.37. The Balaban J connectivity index is 2.75. The summed E-state index contributed by atoms with van der Waals surface area (Å²) in [6.45, 7) is 12.5. The van der Waals surface area contributed by atoms with E-state index in [9.17, 15) is 0 Å². The van der Waals surface area contributed by atoms with Crippen molar-refractivity contribution < 1.29 is 0 Å². The molecule has 0 aliphatic carbocycles. The van der Waals surface area contributed by atoms with Gasteiger partial charge < -0.3 is 5.32 Å². The number of hydrogen-bond donors (Lipinski definition) is 1. The first-order valence-corrected chi connectivity index (χ1v) is 7.08. The monoisotopic (exact) mass is 248 g/mol. The molecule has 0 aromatic carbocycles. The van der Waals surface area contributed by atoms with Gasteiger partial charge >= 0.3 is 0 Å². The van der Waals surface area contributed by atoms with E-state index in [-0.39, 0.29) is 0 Å². The second-order valence-electron chi connectivity index (χ2n) is 6.37. The summed E-state index contributed by atoms with van der Waals surface area (Å²) < 4.78 is 0. The van der Waals surface area contributed by atoms with Gasteiger partial charge in [-0.2, -0.15) is 0 Å². The number of aromatic nitrogens is 1. The summed E-state index contributed by atoms with van der Waals surface area (Å²) in [5, 5.41) is 3.68. The van der Waals surface area contributed by atoms with Crippen LogP contribution in [0.4, 0.5) is 0 Å². The lowest BCUT2D eigenvalue weighted by molar-refractivity contribution is 0.284. The van der Waals surface area contributed by atoms with Crippen molar-refractivity contribution in [3.63, 3.8) is 0 Å². The van der Waals surface area contributed by atoms with E-state index in [1.165, 1.54) is 18.5 Å². The standard InChI is InChI=1S/C16H28N2/c1-6-10-17-15(12-16(3,4)5)13(2)14-9-7-8-11-18-14/h7-9,11,13,15,17H,6,10,12H2,1-5H3. The van der Waals surface area contributed by atoms with Crippen LogP contribution in [0.5, 0.6) is 0 Å². The Kier molecular flexibility index (Phi) is 5.80. The Morgan fingerprint density at radius 3 is 2.50 bits per heavy atom. The zero-order valence-corrected chi connectivity index (χ0v) is 12.5. The third-order valence-corrected chi connectivity index (χ3v) is 3.25. The molecule has 0 saturated heterocycles. The zero-order valence-electron chi connectivity index (χ0n) is 12.5. The van der Waals surface area contributed by atoms with E-state index in [2.05, 4.69) is 57.1 Å². The highest BCUT2D eigenvalue weighted by Gasteiger charge is 2.24. The Labute approximate surface area is 112 Å². The van der Waals surface area contributed by atoms with Crippen LogP contribution in [0.25, 0.3) is 0 Å². The van der Waals surface area contributed by atoms with Crippen molar-refractivity contribution in [2.45, 2.75) is 59.4 Å². The maximum atomic E-state index is 4.50. The van der Waals surface area contributed by atoms with Gasteiger partial charge in [0.25, 0.3) is 0 Å². The van der Waals surface area contributed by atoms with E-state index in [1.54, 1.807) is 0 Å². The third kappa shape index (κ3) is 5.18. The maximum absolute atomic E-state index is 4.50. The highest BCUT2D eigenvalue weighted by atomic mass is 14.9. The minimum Gasteiger partial charge on any atom is -0.313 e. The van der Waals surface area contributed by atoms with Crippen molar-refractivity contribution in [3.05, 3.63) is 30.1 Å². The molecule has 0 spiro atoms. The largest absolute Gasteiger partial charge is 0.313 e. The summed E-state index contributed by atoms with van der Waals surface area (Å²) in [5.74, 6) is 0.456. The van der Waals surface area contributed by atoms with E-state index in [4.69, 9.17) is 0 Å². The smallest absolute Gasteiger partial charge is 0.0447 e. The van der Waals surface area contributed by atoms with Gasteiger partial charge in [0.2, 0.25) is 0 Å². The molecule has 1 rings (SSSR count). The minimum atomic E-state index is 0.342. The van der Waals surface area contributed by atoms with E-state index in [1.807, 2.05) is 12.3 Å². The van der Waals surface area contributed by atoms with Crippen molar-refractivity contribution in [2.24, 2.45) is 5.41 Å². The van der Waals surface area contributed by atoms with E-state index < -0.39 is 0 Å². The minimum absolute atomic E-state index is 0.342. The first kappa shape index (κ1) is 15.2. The fraction of sp³-hybridized carbons (Fsp3) is 0.688. The van der Waals surface area contributed by atoms with Crippen LogP contribution in [-0.2, 0) is 0 Å². The van der Waals surface area contributed by atoms with Gasteiger partial charge in [0.15, 0.2) is 0 Å². The van der Waals surface area contributed by atoms with Crippen LogP contribution >= 0.6 is 0 Å². The van der Waals surface area contributed by atoms with Crippen molar-refractivity contribution in [1.82, 2.24) is 10.3 Å². The molecule has 2 unspecified atom stereocenters. The van der Waals surface area contributed by atoms with Crippen molar-refractivity contribution in [2.75, 3.05) is 6.54 Å². The number of hydrogen-bond acceptors (Lipinski definition) is 2.